The van der Waals surface area contributed by atoms with Gasteiger partial charge in [-0.3, -0.25) is 9.88 Å². The lowest BCUT2D eigenvalue weighted by Gasteiger charge is -2.40. The summed E-state index contributed by atoms with van der Waals surface area (Å²) in [5.74, 6) is 0.841. The van der Waals surface area contributed by atoms with Gasteiger partial charge in [0.1, 0.15) is 5.75 Å². The van der Waals surface area contributed by atoms with E-state index in [4.69, 9.17) is 4.74 Å². The quantitative estimate of drug-likeness (QED) is 0.593. The highest BCUT2D eigenvalue weighted by molar-refractivity contribution is 5.92. The van der Waals surface area contributed by atoms with Gasteiger partial charge in [0.2, 0.25) is 0 Å². The monoisotopic (exact) mass is 404 g/mol. The van der Waals surface area contributed by atoms with Crippen molar-refractivity contribution in [3.63, 3.8) is 0 Å². The van der Waals surface area contributed by atoms with Gasteiger partial charge in [-0.2, -0.15) is 0 Å². The van der Waals surface area contributed by atoms with Gasteiger partial charge in [-0.05, 0) is 44.2 Å². The first-order valence-electron chi connectivity index (χ1n) is 10.8. The number of rotatable bonds is 7. The van der Waals surface area contributed by atoms with E-state index in [0.717, 1.165) is 67.2 Å². The smallest absolute Gasteiger partial charge is 0.121 e. The Morgan fingerprint density at radius 1 is 1.10 bits per heavy atom. The van der Waals surface area contributed by atoms with E-state index in [9.17, 15) is 0 Å². The van der Waals surface area contributed by atoms with Crippen molar-refractivity contribution < 1.29 is 4.74 Å². The molecule has 1 fully saturated rings. The first kappa shape index (κ1) is 20.6. The van der Waals surface area contributed by atoms with Crippen LogP contribution in [0.15, 0.2) is 54.6 Å². The summed E-state index contributed by atoms with van der Waals surface area (Å²) in [4.78, 5) is 9.74. The van der Waals surface area contributed by atoms with Crippen LogP contribution in [0, 0.1) is 6.92 Å². The topological polar surface area (TPSA) is 40.6 Å². The number of ether oxygens (including phenoxy) is 1. The fourth-order valence-corrected chi connectivity index (χ4v) is 4.34. The molecular formula is C25H32N4O. The summed E-state index contributed by atoms with van der Waals surface area (Å²) in [6, 6.07) is 19.6. The molecule has 1 N–H and O–H groups in total. The van der Waals surface area contributed by atoms with Gasteiger partial charge >= 0.3 is 0 Å². The average Bonchev–Trinajstić information content (AvgIpc) is 2.77. The largest absolute Gasteiger partial charge is 0.497 e. The van der Waals surface area contributed by atoms with Crippen LogP contribution in [0.25, 0.3) is 10.9 Å². The maximum atomic E-state index is 5.35. The molecule has 1 aliphatic rings. The van der Waals surface area contributed by atoms with Gasteiger partial charge in [0, 0.05) is 61.6 Å². The minimum absolute atomic E-state index is 0.474. The summed E-state index contributed by atoms with van der Waals surface area (Å²) < 4.78 is 5.35. The van der Waals surface area contributed by atoms with Crippen molar-refractivity contribution in [2.45, 2.75) is 19.4 Å². The number of nitrogens with zero attached hydrogens (tertiary/aromatic N) is 3. The number of anilines is 1. The molecular weight excluding hydrogens is 372 g/mol. The molecule has 4 rings (SSSR count). The number of pyridine rings is 1. The summed E-state index contributed by atoms with van der Waals surface area (Å²) in [5.41, 5.74) is 4.56. The summed E-state index contributed by atoms with van der Waals surface area (Å²) in [7, 11) is 3.91. The lowest BCUT2D eigenvalue weighted by atomic mass is 10.0. The SMILES string of the molecule is COc1ccc2c(NCCCN3CCN(C)CC3c3ccccc3)cc(C)nc2c1. The summed E-state index contributed by atoms with van der Waals surface area (Å²) in [6.45, 7) is 7.42. The number of methoxy groups -OCH3 is 1. The van der Waals surface area contributed by atoms with Crippen LogP contribution in [0.5, 0.6) is 5.75 Å². The number of fused-ring (bicyclic) bond motifs is 1. The molecule has 3 aromatic rings. The van der Waals surface area contributed by atoms with E-state index in [-0.39, 0.29) is 0 Å². The molecule has 0 bridgehead atoms. The molecule has 5 nitrogen and oxygen atoms in total. The molecule has 0 aliphatic carbocycles. The molecule has 1 aromatic heterocycles. The van der Waals surface area contributed by atoms with Gasteiger partial charge < -0.3 is 15.0 Å². The lowest BCUT2D eigenvalue weighted by Crippen LogP contribution is -2.47. The van der Waals surface area contributed by atoms with E-state index in [1.807, 2.05) is 19.1 Å². The Hall–Kier alpha value is -2.63. The van der Waals surface area contributed by atoms with E-state index in [0.29, 0.717) is 6.04 Å². The molecule has 158 valence electrons. The third-order valence-electron chi connectivity index (χ3n) is 5.96. The number of aromatic nitrogens is 1. The summed E-state index contributed by atoms with van der Waals surface area (Å²) in [5, 5.41) is 4.79. The highest BCUT2D eigenvalue weighted by atomic mass is 16.5. The Bertz CT molecular complexity index is 976. The molecule has 0 amide bonds. The number of piperazine rings is 1. The predicted molar refractivity (Wildman–Crippen MR) is 124 cm³/mol. The number of nitrogens with one attached hydrogen (secondary N) is 1. The standard InChI is InChI=1S/C25H32N4O/c1-19-16-23(22-11-10-21(30-3)17-24(22)27-19)26-12-7-13-29-15-14-28(2)18-25(29)20-8-5-4-6-9-20/h4-6,8-11,16-17,25H,7,12-15,18H2,1-3H3,(H,26,27). The fourth-order valence-electron chi connectivity index (χ4n) is 4.34. The zero-order valence-corrected chi connectivity index (χ0v) is 18.3. The van der Waals surface area contributed by atoms with Crippen molar-refractivity contribution in [3.05, 3.63) is 65.9 Å². The summed E-state index contributed by atoms with van der Waals surface area (Å²) >= 11 is 0. The highest BCUT2D eigenvalue weighted by Crippen LogP contribution is 2.27. The molecule has 0 spiro atoms. The minimum atomic E-state index is 0.474. The van der Waals surface area contributed by atoms with Crippen molar-refractivity contribution in [3.8, 4) is 5.75 Å². The van der Waals surface area contributed by atoms with E-state index < -0.39 is 0 Å². The normalized spacial score (nSPS) is 17.9. The second-order valence-corrected chi connectivity index (χ2v) is 8.20. The molecule has 1 atom stereocenters. The van der Waals surface area contributed by atoms with Gasteiger partial charge in [-0.1, -0.05) is 30.3 Å². The van der Waals surface area contributed by atoms with E-state index in [1.165, 1.54) is 5.56 Å². The van der Waals surface area contributed by atoms with Crippen molar-refractivity contribution in [1.29, 1.82) is 0 Å². The highest BCUT2D eigenvalue weighted by Gasteiger charge is 2.25. The predicted octanol–water partition coefficient (Wildman–Crippen LogP) is 4.34. The second-order valence-electron chi connectivity index (χ2n) is 8.20. The van der Waals surface area contributed by atoms with Crippen LogP contribution in [0.3, 0.4) is 0 Å². The van der Waals surface area contributed by atoms with E-state index in [1.54, 1.807) is 7.11 Å². The van der Waals surface area contributed by atoms with Crippen LogP contribution in [0.2, 0.25) is 0 Å². The maximum absolute atomic E-state index is 5.35. The number of aryl methyl sites for hydroxylation is 1. The first-order chi connectivity index (χ1) is 14.6. The number of hydrogen-bond donors (Lipinski definition) is 1. The Kier molecular flexibility index (Phi) is 6.50. The minimum Gasteiger partial charge on any atom is -0.497 e. The van der Waals surface area contributed by atoms with Crippen LogP contribution in [-0.4, -0.2) is 61.7 Å². The molecule has 30 heavy (non-hydrogen) atoms. The Balaban J connectivity index is 1.39. The third kappa shape index (κ3) is 4.74. The van der Waals surface area contributed by atoms with E-state index >= 15 is 0 Å². The Morgan fingerprint density at radius 3 is 2.73 bits per heavy atom. The summed E-state index contributed by atoms with van der Waals surface area (Å²) in [6.07, 6.45) is 1.10. The Labute approximate surface area is 179 Å². The first-order valence-corrected chi connectivity index (χ1v) is 10.8. The number of likely N-dealkylation sites (N-methyl/N-ethyl adjacent to an activating group) is 1. The van der Waals surface area contributed by atoms with Crippen molar-refractivity contribution in [2.75, 3.05) is 52.2 Å². The second kappa shape index (κ2) is 9.45. The van der Waals surface area contributed by atoms with Gasteiger partial charge in [-0.15, -0.1) is 0 Å². The van der Waals surface area contributed by atoms with Crippen molar-refractivity contribution >= 4 is 16.6 Å². The molecule has 1 aliphatic heterocycles. The molecule has 2 aromatic carbocycles. The van der Waals surface area contributed by atoms with Crippen LogP contribution < -0.4 is 10.1 Å². The zero-order valence-electron chi connectivity index (χ0n) is 18.3. The van der Waals surface area contributed by atoms with Crippen molar-refractivity contribution in [2.24, 2.45) is 0 Å². The zero-order chi connectivity index (χ0) is 20.9. The van der Waals surface area contributed by atoms with Gasteiger partial charge in [0.15, 0.2) is 0 Å². The number of benzene rings is 2. The average molecular weight is 405 g/mol. The van der Waals surface area contributed by atoms with E-state index in [2.05, 4.69) is 69.6 Å². The van der Waals surface area contributed by atoms with Crippen LogP contribution >= 0.6 is 0 Å². The number of hydrogen-bond acceptors (Lipinski definition) is 5. The maximum Gasteiger partial charge on any atom is 0.121 e. The lowest BCUT2D eigenvalue weighted by molar-refractivity contribution is 0.0897. The molecule has 0 radical (unpaired) electrons. The van der Waals surface area contributed by atoms with Crippen LogP contribution in [0.1, 0.15) is 23.7 Å². The molecule has 0 saturated carbocycles. The van der Waals surface area contributed by atoms with Gasteiger partial charge in [-0.25, -0.2) is 0 Å². The van der Waals surface area contributed by atoms with Gasteiger partial charge in [0.25, 0.3) is 0 Å². The molecule has 1 unspecified atom stereocenters. The third-order valence-corrected chi connectivity index (χ3v) is 5.96. The molecule has 2 heterocycles. The van der Waals surface area contributed by atoms with Gasteiger partial charge in [0.05, 0.1) is 12.6 Å². The van der Waals surface area contributed by atoms with Crippen LogP contribution in [0.4, 0.5) is 5.69 Å². The van der Waals surface area contributed by atoms with Crippen LogP contribution in [-0.2, 0) is 0 Å². The molecule has 1 saturated heterocycles. The molecule has 5 heteroatoms. The Morgan fingerprint density at radius 2 is 1.93 bits per heavy atom. The fraction of sp³-hybridized carbons (Fsp3) is 0.400. The van der Waals surface area contributed by atoms with Crippen molar-refractivity contribution in [1.82, 2.24) is 14.8 Å².